The number of benzene rings is 3. The van der Waals surface area contributed by atoms with Crippen molar-refractivity contribution in [1.29, 1.82) is 0 Å². The van der Waals surface area contributed by atoms with Gasteiger partial charge >= 0.3 is 0 Å². The van der Waals surface area contributed by atoms with Gasteiger partial charge < -0.3 is 10.6 Å². The zero-order valence-electron chi connectivity index (χ0n) is 17.6. The molecule has 1 fully saturated rings. The van der Waals surface area contributed by atoms with Crippen LogP contribution in [-0.4, -0.2) is 37.6 Å². The molecule has 4 aromatic rings. The third kappa shape index (κ3) is 4.70. The number of carbonyl (C=O) groups excluding carboxylic acids is 1. The highest BCUT2D eigenvalue weighted by Crippen LogP contribution is 2.32. The van der Waals surface area contributed by atoms with Crippen molar-refractivity contribution in [2.75, 3.05) is 18.4 Å². The quantitative estimate of drug-likeness (QED) is 0.382. The lowest BCUT2D eigenvalue weighted by molar-refractivity contribution is -0.120. The van der Waals surface area contributed by atoms with Crippen LogP contribution in [0.5, 0.6) is 0 Å². The van der Waals surface area contributed by atoms with Crippen LogP contribution in [0.2, 0.25) is 0 Å². The van der Waals surface area contributed by atoms with E-state index in [0.717, 1.165) is 31.3 Å². The summed E-state index contributed by atoms with van der Waals surface area (Å²) in [5.41, 5.74) is 1.18. The summed E-state index contributed by atoms with van der Waals surface area (Å²) in [6, 6.07) is 17.7. The highest BCUT2D eigenvalue weighted by atomic mass is 35.5. The molecule has 0 aliphatic carbocycles. The average molecular weight is 507 g/mol. The smallest absolute Gasteiger partial charge is 0.227 e. The SMILES string of the molecule is Cl.Cl.O=C(Nc1ccc2c(S(=O)(=O)c3cccc4ccccc34)n[nH]c2c1)C1CCNCC1. The number of carbonyl (C=O) groups is 1. The van der Waals surface area contributed by atoms with Crippen molar-refractivity contribution in [1.82, 2.24) is 15.5 Å². The number of piperidine rings is 1. The van der Waals surface area contributed by atoms with E-state index in [9.17, 15) is 13.2 Å². The molecule has 1 saturated heterocycles. The summed E-state index contributed by atoms with van der Waals surface area (Å²) in [5.74, 6) is -0.0232. The van der Waals surface area contributed by atoms with E-state index in [-0.39, 0.29) is 46.6 Å². The number of halogens is 2. The van der Waals surface area contributed by atoms with Crippen LogP contribution in [0.3, 0.4) is 0 Å². The molecule has 174 valence electrons. The van der Waals surface area contributed by atoms with E-state index in [2.05, 4.69) is 20.8 Å². The second kappa shape index (κ2) is 10.1. The Hall–Kier alpha value is -2.65. The van der Waals surface area contributed by atoms with Crippen LogP contribution in [0, 0.1) is 5.92 Å². The van der Waals surface area contributed by atoms with Crippen molar-refractivity contribution in [2.24, 2.45) is 5.92 Å². The van der Waals surface area contributed by atoms with Gasteiger partial charge in [-0.3, -0.25) is 9.89 Å². The molecule has 0 atom stereocenters. The number of fused-ring (bicyclic) bond motifs is 2. The van der Waals surface area contributed by atoms with E-state index >= 15 is 0 Å². The number of nitrogens with one attached hydrogen (secondary N) is 3. The summed E-state index contributed by atoms with van der Waals surface area (Å²) in [6.07, 6.45) is 1.62. The molecule has 7 nitrogen and oxygen atoms in total. The summed E-state index contributed by atoms with van der Waals surface area (Å²) in [6.45, 7) is 1.68. The number of H-pyrrole nitrogens is 1. The highest BCUT2D eigenvalue weighted by molar-refractivity contribution is 7.91. The predicted octanol–water partition coefficient (Wildman–Crippen LogP) is 4.33. The van der Waals surface area contributed by atoms with Crippen LogP contribution in [-0.2, 0) is 14.6 Å². The predicted molar refractivity (Wildman–Crippen MR) is 134 cm³/mol. The summed E-state index contributed by atoms with van der Waals surface area (Å²) < 4.78 is 26.9. The molecule has 2 heterocycles. The van der Waals surface area contributed by atoms with E-state index in [4.69, 9.17) is 0 Å². The normalized spacial score (nSPS) is 14.4. The van der Waals surface area contributed by atoms with Crippen molar-refractivity contribution in [3.05, 3.63) is 60.7 Å². The molecule has 0 spiro atoms. The van der Waals surface area contributed by atoms with Gasteiger partial charge in [0.1, 0.15) is 0 Å². The molecule has 33 heavy (non-hydrogen) atoms. The van der Waals surface area contributed by atoms with Crippen LogP contribution in [0.1, 0.15) is 12.8 Å². The fourth-order valence-electron chi connectivity index (χ4n) is 4.14. The maximum atomic E-state index is 13.4. The van der Waals surface area contributed by atoms with Crippen molar-refractivity contribution in [3.63, 3.8) is 0 Å². The van der Waals surface area contributed by atoms with Crippen molar-refractivity contribution >= 4 is 67.9 Å². The van der Waals surface area contributed by atoms with Crippen LogP contribution >= 0.6 is 24.8 Å². The number of aromatic nitrogens is 2. The molecule has 0 unspecified atom stereocenters. The molecule has 5 rings (SSSR count). The van der Waals surface area contributed by atoms with Gasteiger partial charge in [0.05, 0.1) is 10.4 Å². The number of aromatic amines is 1. The van der Waals surface area contributed by atoms with Crippen molar-refractivity contribution in [2.45, 2.75) is 22.8 Å². The van der Waals surface area contributed by atoms with Crippen molar-refractivity contribution < 1.29 is 13.2 Å². The van der Waals surface area contributed by atoms with Gasteiger partial charge in [-0.1, -0.05) is 36.4 Å². The number of anilines is 1. The number of hydrogen-bond acceptors (Lipinski definition) is 5. The molecule has 0 saturated carbocycles. The lowest BCUT2D eigenvalue weighted by atomic mass is 9.97. The van der Waals surface area contributed by atoms with Gasteiger partial charge in [-0.25, -0.2) is 8.42 Å². The monoisotopic (exact) mass is 506 g/mol. The molecule has 0 radical (unpaired) electrons. The Kier molecular flexibility index (Phi) is 7.64. The molecule has 1 amide bonds. The zero-order valence-corrected chi connectivity index (χ0v) is 20.0. The summed E-state index contributed by atoms with van der Waals surface area (Å²) in [5, 5.41) is 15.1. The molecule has 0 bridgehead atoms. The fraction of sp³-hybridized carbons (Fsp3) is 0.217. The fourth-order valence-corrected chi connectivity index (χ4v) is 5.71. The number of sulfone groups is 1. The van der Waals surface area contributed by atoms with Gasteiger partial charge in [0.15, 0.2) is 5.03 Å². The Morgan fingerprint density at radius 1 is 0.939 bits per heavy atom. The van der Waals surface area contributed by atoms with E-state index in [0.29, 0.717) is 22.0 Å². The molecule has 1 aliphatic rings. The Morgan fingerprint density at radius 2 is 1.67 bits per heavy atom. The Bertz CT molecular complexity index is 1390. The molecule has 10 heteroatoms. The van der Waals surface area contributed by atoms with Crippen LogP contribution < -0.4 is 10.6 Å². The molecular weight excluding hydrogens is 483 g/mol. The maximum Gasteiger partial charge on any atom is 0.227 e. The average Bonchev–Trinajstić information content (AvgIpc) is 3.23. The zero-order chi connectivity index (χ0) is 21.4. The van der Waals surface area contributed by atoms with Crippen LogP contribution in [0.15, 0.2) is 70.6 Å². The first-order valence-corrected chi connectivity index (χ1v) is 11.7. The van der Waals surface area contributed by atoms with Gasteiger partial charge in [-0.05, 0) is 55.6 Å². The highest BCUT2D eigenvalue weighted by Gasteiger charge is 2.26. The van der Waals surface area contributed by atoms with E-state index < -0.39 is 9.84 Å². The lowest BCUT2D eigenvalue weighted by Gasteiger charge is -2.21. The van der Waals surface area contributed by atoms with Crippen LogP contribution in [0.4, 0.5) is 5.69 Å². The van der Waals surface area contributed by atoms with Gasteiger partial charge in [0.25, 0.3) is 0 Å². The number of amides is 1. The number of hydrogen-bond donors (Lipinski definition) is 3. The van der Waals surface area contributed by atoms with E-state index in [1.165, 1.54) is 0 Å². The first-order chi connectivity index (χ1) is 15.0. The second-order valence-corrected chi connectivity index (χ2v) is 9.62. The van der Waals surface area contributed by atoms with Gasteiger partial charge in [-0.15, -0.1) is 24.8 Å². The van der Waals surface area contributed by atoms with Crippen molar-refractivity contribution in [3.8, 4) is 0 Å². The lowest BCUT2D eigenvalue weighted by Crippen LogP contribution is -2.34. The largest absolute Gasteiger partial charge is 0.326 e. The Balaban J connectivity index is 0.00000153. The molecule has 1 aromatic heterocycles. The molecule has 3 aromatic carbocycles. The first kappa shape index (κ1) is 25.0. The van der Waals surface area contributed by atoms with Crippen LogP contribution in [0.25, 0.3) is 21.7 Å². The standard InChI is InChI=1S/C23H22N4O3S.2ClH/c28-22(16-10-12-24-13-11-16)25-17-8-9-19-20(14-17)26-27-23(19)31(29,30)21-7-3-5-15-4-1-2-6-18(15)21;;/h1-9,14,16,24H,10-13H2,(H,25,28)(H,26,27);2*1H. The van der Waals surface area contributed by atoms with Gasteiger partial charge in [0, 0.05) is 22.4 Å². The Labute approximate surface area is 204 Å². The third-order valence-electron chi connectivity index (χ3n) is 5.80. The molecule has 1 aliphatic heterocycles. The topological polar surface area (TPSA) is 104 Å². The van der Waals surface area contributed by atoms with Gasteiger partial charge in [-0.2, -0.15) is 5.10 Å². The summed E-state index contributed by atoms with van der Waals surface area (Å²) in [7, 11) is -3.84. The van der Waals surface area contributed by atoms with Gasteiger partial charge in [0.2, 0.25) is 15.7 Å². The summed E-state index contributed by atoms with van der Waals surface area (Å²) in [4.78, 5) is 12.7. The first-order valence-electron chi connectivity index (χ1n) is 10.3. The number of nitrogens with zero attached hydrogens (tertiary/aromatic N) is 1. The minimum Gasteiger partial charge on any atom is -0.326 e. The second-order valence-electron chi connectivity index (χ2n) is 7.78. The Morgan fingerprint density at radius 3 is 2.45 bits per heavy atom. The maximum absolute atomic E-state index is 13.4. The number of rotatable bonds is 4. The minimum atomic E-state index is -3.84. The minimum absolute atomic E-state index is 0. The van der Waals surface area contributed by atoms with E-state index in [1.807, 2.05) is 24.3 Å². The summed E-state index contributed by atoms with van der Waals surface area (Å²) >= 11 is 0. The third-order valence-corrected chi connectivity index (χ3v) is 7.55. The molecular formula is C23H24Cl2N4O3S. The van der Waals surface area contributed by atoms with E-state index in [1.54, 1.807) is 36.4 Å². The molecule has 3 N–H and O–H groups in total.